The summed E-state index contributed by atoms with van der Waals surface area (Å²) in [6.45, 7) is 5.75. The van der Waals surface area contributed by atoms with Crippen molar-refractivity contribution in [3.8, 4) is 0 Å². The van der Waals surface area contributed by atoms with E-state index in [1.807, 2.05) is 30.0 Å². The Labute approximate surface area is 131 Å². The van der Waals surface area contributed by atoms with E-state index in [2.05, 4.69) is 10.2 Å². The Bertz CT molecular complexity index is 534. The molecule has 0 spiro atoms. The van der Waals surface area contributed by atoms with Gasteiger partial charge in [-0.2, -0.15) is 0 Å². The van der Waals surface area contributed by atoms with Gasteiger partial charge in [0.25, 0.3) is 0 Å². The van der Waals surface area contributed by atoms with Crippen molar-refractivity contribution < 1.29 is 4.79 Å². The fourth-order valence-corrected chi connectivity index (χ4v) is 3.45. The van der Waals surface area contributed by atoms with Crippen LogP contribution in [0.4, 0.5) is 10.5 Å². The lowest BCUT2D eigenvalue weighted by atomic mass is 10.00. The van der Waals surface area contributed by atoms with E-state index in [-0.39, 0.29) is 6.03 Å². The summed E-state index contributed by atoms with van der Waals surface area (Å²) in [6.07, 6.45) is 3.79. The van der Waals surface area contributed by atoms with E-state index in [9.17, 15) is 4.79 Å². The number of halogens is 1. The minimum Gasteiger partial charge on any atom is -0.322 e. The van der Waals surface area contributed by atoms with E-state index < -0.39 is 0 Å². The number of piperazine rings is 1. The zero-order valence-electron chi connectivity index (χ0n) is 12.4. The van der Waals surface area contributed by atoms with Gasteiger partial charge in [-0.3, -0.25) is 4.90 Å². The molecule has 0 bridgehead atoms. The average Bonchev–Trinajstić information content (AvgIpc) is 2.51. The molecule has 114 valence electrons. The molecule has 2 aliphatic heterocycles. The van der Waals surface area contributed by atoms with Gasteiger partial charge < -0.3 is 10.2 Å². The largest absolute Gasteiger partial charge is 0.322 e. The Hall–Kier alpha value is -1.26. The molecule has 2 heterocycles. The number of nitrogens with one attached hydrogen (secondary N) is 1. The predicted octanol–water partition coefficient (Wildman–Crippen LogP) is 3.35. The standard InChI is InChI=1S/C16H22ClN3O/c1-12-14(17)6-4-7-15(12)18-16(21)20-10-9-19-8-3-2-5-13(19)11-20/h4,6-7,13H,2-3,5,8-11H2,1H3,(H,18,21)/t13-/m0/s1. The van der Waals surface area contributed by atoms with Crippen molar-refractivity contribution in [2.45, 2.75) is 32.2 Å². The molecule has 1 N–H and O–H groups in total. The molecule has 0 aromatic heterocycles. The van der Waals surface area contributed by atoms with Crippen molar-refractivity contribution in [2.75, 3.05) is 31.5 Å². The van der Waals surface area contributed by atoms with Crippen molar-refractivity contribution in [2.24, 2.45) is 0 Å². The van der Waals surface area contributed by atoms with Crippen LogP contribution in [0.25, 0.3) is 0 Å². The Morgan fingerprint density at radius 1 is 1.29 bits per heavy atom. The zero-order chi connectivity index (χ0) is 14.8. The van der Waals surface area contributed by atoms with Crippen LogP contribution >= 0.6 is 11.6 Å². The monoisotopic (exact) mass is 307 g/mol. The first kappa shape index (κ1) is 14.7. The van der Waals surface area contributed by atoms with Crippen LogP contribution in [0.5, 0.6) is 0 Å². The Balaban J connectivity index is 1.64. The molecule has 1 atom stereocenters. The van der Waals surface area contributed by atoms with Crippen LogP contribution in [0.1, 0.15) is 24.8 Å². The summed E-state index contributed by atoms with van der Waals surface area (Å²) >= 11 is 6.10. The number of rotatable bonds is 1. The van der Waals surface area contributed by atoms with Gasteiger partial charge in [-0.25, -0.2) is 4.79 Å². The molecule has 1 aromatic carbocycles. The number of hydrogen-bond donors (Lipinski definition) is 1. The molecular formula is C16H22ClN3O. The van der Waals surface area contributed by atoms with Crippen LogP contribution in [0.2, 0.25) is 5.02 Å². The van der Waals surface area contributed by atoms with Gasteiger partial charge in [0.15, 0.2) is 0 Å². The fourth-order valence-electron chi connectivity index (χ4n) is 3.28. The maximum Gasteiger partial charge on any atom is 0.321 e. The van der Waals surface area contributed by atoms with Crippen molar-refractivity contribution >= 4 is 23.3 Å². The Morgan fingerprint density at radius 2 is 2.14 bits per heavy atom. The smallest absolute Gasteiger partial charge is 0.321 e. The van der Waals surface area contributed by atoms with Gasteiger partial charge in [-0.1, -0.05) is 24.1 Å². The van der Waals surface area contributed by atoms with Gasteiger partial charge in [0.2, 0.25) is 0 Å². The first-order valence-electron chi connectivity index (χ1n) is 7.70. The van der Waals surface area contributed by atoms with Crippen LogP contribution in [-0.4, -0.2) is 48.1 Å². The molecule has 2 fully saturated rings. The molecule has 2 saturated heterocycles. The van der Waals surface area contributed by atoms with E-state index >= 15 is 0 Å². The molecule has 0 radical (unpaired) electrons. The Kier molecular flexibility index (Phi) is 4.36. The van der Waals surface area contributed by atoms with Crippen molar-refractivity contribution in [1.82, 2.24) is 9.80 Å². The number of benzene rings is 1. The lowest BCUT2D eigenvalue weighted by Crippen LogP contribution is -2.56. The fraction of sp³-hybridized carbons (Fsp3) is 0.562. The molecule has 5 heteroatoms. The van der Waals surface area contributed by atoms with E-state index in [0.29, 0.717) is 11.1 Å². The van der Waals surface area contributed by atoms with E-state index in [1.54, 1.807) is 0 Å². The molecule has 0 unspecified atom stereocenters. The highest BCUT2D eigenvalue weighted by molar-refractivity contribution is 6.31. The van der Waals surface area contributed by atoms with Crippen LogP contribution in [0.15, 0.2) is 18.2 Å². The van der Waals surface area contributed by atoms with Gasteiger partial charge in [-0.15, -0.1) is 0 Å². The SMILES string of the molecule is Cc1c(Cl)cccc1NC(=O)N1CCN2CCCC[C@H]2C1. The molecule has 0 saturated carbocycles. The topological polar surface area (TPSA) is 35.6 Å². The normalized spacial score (nSPS) is 22.8. The minimum absolute atomic E-state index is 0.00871. The van der Waals surface area contributed by atoms with Crippen LogP contribution in [0, 0.1) is 6.92 Å². The summed E-state index contributed by atoms with van der Waals surface area (Å²) in [7, 11) is 0. The number of anilines is 1. The molecule has 2 aliphatic rings. The third-order valence-corrected chi connectivity index (χ3v) is 5.04. The van der Waals surface area contributed by atoms with Crippen LogP contribution in [-0.2, 0) is 0 Å². The first-order chi connectivity index (χ1) is 10.1. The predicted molar refractivity (Wildman–Crippen MR) is 86.0 cm³/mol. The van der Waals surface area contributed by atoms with Gasteiger partial charge in [-0.05, 0) is 44.0 Å². The maximum atomic E-state index is 12.5. The summed E-state index contributed by atoms with van der Waals surface area (Å²) < 4.78 is 0. The van der Waals surface area contributed by atoms with Gasteiger partial charge in [0.1, 0.15) is 0 Å². The molecule has 21 heavy (non-hydrogen) atoms. The summed E-state index contributed by atoms with van der Waals surface area (Å²) in [5.41, 5.74) is 1.72. The highest BCUT2D eigenvalue weighted by atomic mass is 35.5. The van der Waals surface area contributed by atoms with Gasteiger partial charge in [0.05, 0.1) is 0 Å². The highest BCUT2D eigenvalue weighted by Crippen LogP contribution is 2.25. The Morgan fingerprint density at radius 3 is 3.00 bits per heavy atom. The summed E-state index contributed by atoms with van der Waals surface area (Å²) in [4.78, 5) is 16.9. The summed E-state index contributed by atoms with van der Waals surface area (Å²) in [5.74, 6) is 0. The van der Waals surface area contributed by atoms with Gasteiger partial charge >= 0.3 is 6.03 Å². The number of amides is 2. The zero-order valence-corrected chi connectivity index (χ0v) is 13.2. The molecule has 4 nitrogen and oxygen atoms in total. The van der Waals surface area contributed by atoms with E-state index in [1.165, 1.54) is 25.8 Å². The summed E-state index contributed by atoms with van der Waals surface area (Å²) in [6, 6.07) is 6.14. The van der Waals surface area contributed by atoms with Crippen molar-refractivity contribution in [3.63, 3.8) is 0 Å². The lowest BCUT2D eigenvalue weighted by molar-refractivity contribution is 0.0678. The second kappa shape index (κ2) is 6.24. The third-order valence-electron chi connectivity index (χ3n) is 4.63. The number of piperidine rings is 1. The molecule has 1 aromatic rings. The lowest BCUT2D eigenvalue weighted by Gasteiger charge is -2.43. The average molecular weight is 308 g/mol. The first-order valence-corrected chi connectivity index (χ1v) is 8.08. The van der Waals surface area contributed by atoms with E-state index in [4.69, 9.17) is 11.6 Å². The van der Waals surface area contributed by atoms with Gasteiger partial charge in [0, 0.05) is 36.4 Å². The minimum atomic E-state index is -0.00871. The quantitative estimate of drug-likeness (QED) is 0.863. The summed E-state index contributed by atoms with van der Waals surface area (Å²) in [5, 5.41) is 3.69. The number of carbonyl (C=O) groups excluding carboxylic acids is 1. The molecular weight excluding hydrogens is 286 g/mol. The van der Waals surface area contributed by atoms with Crippen LogP contribution < -0.4 is 5.32 Å². The van der Waals surface area contributed by atoms with Crippen molar-refractivity contribution in [1.29, 1.82) is 0 Å². The maximum absolute atomic E-state index is 12.5. The second-order valence-electron chi connectivity index (χ2n) is 5.97. The number of hydrogen-bond acceptors (Lipinski definition) is 2. The molecule has 2 amide bonds. The molecule has 3 rings (SSSR count). The number of urea groups is 1. The van der Waals surface area contributed by atoms with E-state index in [0.717, 1.165) is 30.9 Å². The van der Waals surface area contributed by atoms with Crippen molar-refractivity contribution in [3.05, 3.63) is 28.8 Å². The highest BCUT2D eigenvalue weighted by Gasteiger charge is 2.31. The second-order valence-corrected chi connectivity index (χ2v) is 6.38. The van der Waals surface area contributed by atoms with Crippen LogP contribution in [0.3, 0.4) is 0 Å². The third kappa shape index (κ3) is 3.16. The number of nitrogens with zero attached hydrogens (tertiary/aromatic N) is 2. The number of carbonyl (C=O) groups is 1. The molecule has 0 aliphatic carbocycles. The number of fused-ring (bicyclic) bond motifs is 1.